The Morgan fingerprint density at radius 3 is 2.65 bits per heavy atom. The Hall–Kier alpha value is -2.31. The van der Waals surface area contributed by atoms with E-state index in [0.29, 0.717) is 25.6 Å². The van der Waals surface area contributed by atoms with Crippen LogP contribution in [0.2, 0.25) is 0 Å². The monoisotopic (exact) mass is 320 g/mol. The predicted molar refractivity (Wildman–Crippen MR) is 87.3 cm³/mol. The zero-order valence-corrected chi connectivity index (χ0v) is 14.2. The highest BCUT2D eigenvalue weighted by molar-refractivity contribution is 5.92. The molecule has 0 radical (unpaired) electrons. The number of hydrogen-bond donors (Lipinski definition) is 0. The topological polar surface area (TPSA) is 69.9 Å². The van der Waals surface area contributed by atoms with E-state index in [1.807, 2.05) is 13.8 Å². The van der Waals surface area contributed by atoms with Crippen LogP contribution in [-0.4, -0.2) is 66.4 Å². The van der Waals surface area contributed by atoms with E-state index in [-0.39, 0.29) is 29.5 Å². The third-order valence-corrected chi connectivity index (χ3v) is 4.02. The number of anilines is 1. The highest BCUT2D eigenvalue weighted by Gasteiger charge is 2.34. The van der Waals surface area contributed by atoms with E-state index < -0.39 is 0 Å². The summed E-state index contributed by atoms with van der Waals surface area (Å²) in [6.45, 7) is 9.08. The normalized spacial score (nSPS) is 18.2. The second-order valence-electron chi connectivity index (χ2n) is 6.20. The first-order valence-corrected chi connectivity index (χ1v) is 7.70. The van der Waals surface area contributed by atoms with Gasteiger partial charge in [-0.25, -0.2) is 4.98 Å². The van der Waals surface area contributed by atoms with Gasteiger partial charge in [-0.3, -0.25) is 9.59 Å². The Morgan fingerprint density at radius 1 is 1.43 bits per heavy atom. The SMILES string of the molecule is C=CC(=O)N1CCN(C(=O)c2cnc(N(C)C)o2)C[C@@H]1C(C)C. The van der Waals surface area contributed by atoms with E-state index in [1.165, 1.54) is 12.3 Å². The van der Waals surface area contributed by atoms with Crippen molar-refractivity contribution in [3.8, 4) is 0 Å². The lowest BCUT2D eigenvalue weighted by Gasteiger charge is -2.42. The second kappa shape index (κ2) is 6.85. The molecule has 0 unspecified atom stereocenters. The molecule has 7 nitrogen and oxygen atoms in total. The number of carbonyl (C=O) groups excluding carboxylic acids is 2. The summed E-state index contributed by atoms with van der Waals surface area (Å²) in [5, 5.41) is 0. The Balaban J connectivity index is 2.13. The first kappa shape index (κ1) is 17.1. The Morgan fingerprint density at radius 2 is 2.13 bits per heavy atom. The first-order chi connectivity index (χ1) is 10.8. The van der Waals surface area contributed by atoms with Crippen molar-refractivity contribution in [1.82, 2.24) is 14.8 Å². The third-order valence-electron chi connectivity index (χ3n) is 4.02. The fraction of sp³-hybridized carbons (Fsp3) is 0.562. The van der Waals surface area contributed by atoms with Crippen molar-refractivity contribution in [2.45, 2.75) is 19.9 Å². The van der Waals surface area contributed by atoms with Crippen LogP contribution < -0.4 is 4.90 Å². The summed E-state index contributed by atoms with van der Waals surface area (Å²) >= 11 is 0. The molecule has 2 heterocycles. The zero-order valence-electron chi connectivity index (χ0n) is 14.2. The van der Waals surface area contributed by atoms with Gasteiger partial charge in [0.15, 0.2) is 0 Å². The molecule has 0 saturated carbocycles. The molecule has 126 valence electrons. The smallest absolute Gasteiger partial charge is 0.297 e. The fourth-order valence-electron chi connectivity index (χ4n) is 2.68. The number of rotatable bonds is 4. The molecule has 1 aromatic heterocycles. The van der Waals surface area contributed by atoms with E-state index in [9.17, 15) is 9.59 Å². The van der Waals surface area contributed by atoms with Crippen molar-refractivity contribution in [2.24, 2.45) is 5.92 Å². The highest BCUT2D eigenvalue weighted by Crippen LogP contribution is 2.21. The van der Waals surface area contributed by atoms with Crippen molar-refractivity contribution in [3.05, 3.63) is 24.6 Å². The number of nitrogens with zero attached hydrogens (tertiary/aromatic N) is 4. The largest absolute Gasteiger partial charge is 0.418 e. The summed E-state index contributed by atoms with van der Waals surface area (Å²) in [4.78, 5) is 33.9. The van der Waals surface area contributed by atoms with E-state index in [2.05, 4.69) is 11.6 Å². The van der Waals surface area contributed by atoms with Crippen LogP contribution in [0.3, 0.4) is 0 Å². The molecule has 1 saturated heterocycles. The minimum atomic E-state index is -0.193. The van der Waals surface area contributed by atoms with Gasteiger partial charge in [-0.2, -0.15) is 0 Å². The average Bonchev–Trinajstić information content (AvgIpc) is 3.03. The van der Waals surface area contributed by atoms with Gasteiger partial charge in [-0.05, 0) is 12.0 Å². The minimum Gasteiger partial charge on any atom is -0.418 e. The van der Waals surface area contributed by atoms with Crippen LogP contribution in [0.25, 0.3) is 0 Å². The molecule has 0 aromatic carbocycles. The number of oxazole rings is 1. The minimum absolute atomic E-state index is 0.0329. The molecule has 1 aliphatic heterocycles. The van der Waals surface area contributed by atoms with E-state index in [4.69, 9.17) is 4.42 Å². The standard InChI is InChI=1S/C16H24N4O3/c1-6-14(21)20-8-7-19(10-12(20)11(2)3)15(22)13-9-17-16(23-13)18(4)5/h6,9,11-12H,1,7-8,10H2,2-5H3/t12-/m1/s1. The molecule has 0 N–H and O–H groups in total. The molecule has 0 bridgehead atoms. The lowest BCUT2D eigenvalue weighted by atomic mass is 9.99. The number of hydrogen-bond acceptors (Lipinski definition) is 5. The zero-order chi connectivity index (χ0) is 17.1. The molecular formula is C16H24N4O3. The lowest BCUT2D eigenvalue weighted by Crippen LogP contribution is -2.58. The van der Waals surface area contributed by atoms with Crippen LogP contribution in [0.5, 0.6) is 0 Å². The molecule has 1 atom stereocenters. The Labute approximate surface area is 136 Å². The van der Waals surface area contributed by atoms with Gasteiger partial charge in [0.05, 0.1) is 12.2 Å². The molecule has 0 aliphatic carbocycles. The fourth-order valence-corrected chi connectivity index (χ4v) is 2.68. The Bertz CT molecular complexity index is 594. The summed E-state index contributed by atoms with van der Waals surface area (Å²) in [7, 11) is 3.60. The van der Waals surface area contributed by atoms with E-state index >= 15 is 0 Å². The van der Waals surface area contributed by atoms with Crippen LogP contribution in [0.4, 0.5) is 6.01 Å². The van der Waals surface area contributed by atoms with Gasteiger partial charge in [0.1, 0.15) is 0 Å². The summed E-state index contributed by atoms with van der Waals surface area (Å²) in [6, 6.07) is 0.365. The maximum atomic E-state index is 12.6. The molecule has 23 heavy (non-hydrogen) atoms. The van der Waals surface area contributed by atoms with Gasteiger partial charge < -0.3 is 19.1 Å². The van der Waals surface area contributed by atoms with Gasteiger partial charge in [-0.15, -0.1) is 0 Å². The molecule has 0 spiro atoms. The number of piperazine rings is 1. The molecule has 2 rings (SSSR count). The van der Waals surface area contributed by atoms with Gasteiger partial charge in [0.2, 0.25) is 11.7 Å². The van der Waals surface area contributed by atoms with Crippen molar-refractivity contribution < 1.29 is 14.0 Å². The van der Waals surface area contributed by atoms with Crippen LogP contribution in [-0.2, 0) is 4.79 Å². The van der Waals surface area contributed by atoms with Gasteiger partial charge >= 0.3 is 0 Å². The second-order valence-corrected chi connectivity index (χ2v) is 6.20. The van der Waals surface area contributed by atoms with Crippen LogP contribution in [0.15, 0.2) is 23.3 Å². The maximum absolute atomic E-state index is 12.6. The maximum Gasteiger partial charge on any atom is 0.297 e. The quantitative estimate of drug-likeness (QED) is 0.781. The van der Waals surface area contributed by atoms with Crippen molar-refractivity contribution in [3.63, 3.8) is 0 Å². The summed E-state index contributed by atoms with van der Waals surface area (Å²) in [5.41, 5.74) is 0. The number of aromatic nitrogens is 1. The number of amides is 2. The Kier molecular flexibility index (Phi) is 5.08. The molecule has 2 amide bonds. The van der Waals surface area contributed by atoms with Crippen molar-refractivity contribution >= 4 is 17.8 Å². The molecule has 7 heteroatoms. The van der Waals surface area contributed by atoms with Gasteiger partial charge in [0.25, 0.3) is 11.9 Å². The predicted octanol–water partition coefficient (Wildman–Crippen LogP) is 1.24. The van der Waals surface area contributed by atoms with Crippen molar-refractivity contribution in [2.75, 3.05) is 38.6 Å². The van der Waals surface area contributed by atoms with E-state index in [0.717, 1.165) is 0 Å². The molecule has 1 fully saturated rings. The van der Waals surface area contributed by atoms with Gasteiger partial charge in [0, 0.05) is 33.7 Å². The molecule has 1 aromatic rings. The molecular weight excluding hydrogens is 296 g/mol. The van der Waals surface area contributed by atoms with E-state index in [1.54, 1.807) is 28.8 Å². The summed E-state index contributed by atoms with van der Waals surface area (Å²) in [6.07, 6.45) is 2.77. The van der Waals surface area contributed by atoms with Crippen molar-refractivity contribution in [1.29, 1.82) is 0 Å². The first-order valence-electron chi connectivity index (χ1n) is 7.70. The van der Waals surface area contributed by atoms with Crippen LogP contribution in [0.1, 0.15) is 24.4 Å². The van der Waals surface area contributed by atoms with Gasteiger partial charge in [-0.1, -0.05) is 20.4 Å². The summed E-state index contributed by atoms with van der Waals surface area (Å²) < 4.78 is 5.48. The molecule has 1 aliphatic rings. The summed E-state index contributed by atoms with van der Waals surface area (Å²) in [5.74, 6) is 0.175. The van der Waals surface area contributed by atoms with Crippen LogP contribution in [0, 0.1) is 5.92 Å². The lowest BCUT2D eigenvalue weighted by molar-refractivity contribution is -0.131. The van der Waals surface area contributed by atoms with Crippen LogP contribution >= 0.6 is 0 Å². The average molecular weight is 320 g/mol. The number of carbonyl (C=O) groups is 2. The highest BCUT2D eigenvalue weighted by atomic mass is 16.4. The third kappa shape index (κ3) is 3.55.